The Morgan fingerprint density at radius 1 is 1.29 bits per heavy atom. The lowest BCUT2D eigenvalue weighted by Crippen LogP contribution is -2.44. The maximum absolute atomic E-state index is 13.0. The van der Waals surface area contributed by atoms with Gasteiger partial charge in [-0.05, 0) is 24.6 Å². The third-order valence-corrected chi connectivity index (χ3v) is 5.01. The molecule has 0 spiro atoms. The second-order valence-corrected chi connectivity index (χ2v) is 6.48. The Morgan fingerprint density at radius 2 is 2.04 bits per heavy atom. The zero-order chi connectivity index (χ0) is 17.1. The maximum Gasteiger partial charge on any atom is 0.302 e. The molecule has 3 aliphatic heterocycles. The highest BCUT2D eigenvalue weighted by Crippen LogP contribution is 2.52. The second-order valence-electron chi connectivity index (χ2n) is 6.48. The van der Waals surface area contributed by atoms with Crippen LogP contribution in [0, 0.1) is 18.8 Å². The Hall–Kier alpha value is -2.47. The van der Waals surface area contributed by atoms with E-state index in [0.717, 1.165) is 5.56 Å². The third-order valence-electron chi connectivity index (χ3n) is 5.01. The number of para-hydroxylation sites is 1. The van der Waals surface area contributed by atoms with Crippen molar-refractivity contribution in [3.05, 3.63) is 42.0 Å². The highest BCUT2D eigenvalue weighted by Gasteiger charge is 2.68. The van der Waals surface area contributed by atoms with E-state index < -0.39 is 29.5 Å². The number of amides is 2. The van der Waals surface area contributed by atoms with Gasteiger partial charge in [0.25, 0.3) is 0 Å². The standard InChI is InChI=1S/C18H17NO5/c1-10-5-3-4-6-12(10)19-16(21)14-13-7-8-18(24-13,9-23-11(2)20)15(14)17(19)22/h3-8,13-15H,9H2,1-2H3/t13-,14-,15+,18-/m0/s1. The summed E-state index contributed by atoms with van der Waals surface area (Å²) in [7, 11) is 0. The van der Waals surface area contributed by atoms with Crippen LogP contribution >= 0.6 is 0 Å². The molecule has 24 heavy (non-hydrogen) atoms. The van der Waals surface area contributed by atoms with E-state index in [1.54, 1.807) is 24.3 Å². The van der Waals surface area contributed by atoms with Crippen LogP contribution in [0.3, 0.4) is 0 Å². The zero-order valence-electron chi connectivity index (χ0n) is 13.4. The van der Waals surface area contributed by atoms with E-state index >= 15 is 0 Å². The molecule has 0 N–H and O–H groups in total. The van der Waals surface area contributed by atoms with Gasteiger partial charge in [0.1, 0.15) is 12.2 Å². The van der Waals surface area contributed by atoms with Crippen LogP contribution in [0.4, 0.5) is 5.69 Å². The number of hydrogen-bond donors (Lipinski definition) is 0. The van der Waals surface area contributed by atoms with Crippen LogP contribution in [0.15, 0.2) is 36.4 Å². The van der Waals surface area contributed by atoms with Crippen LogP contribution < -0.4 is 4.90 Å². The maximum atomic E-state index is 13.0. The van der Waals surface area contributed by atoms with E-state index in [2.05, 4.69) is 0 Å². The number of hydrogen-bond acceptors (Lipinski definition) is 5. The van der Waals surface area contributed by atoms with E-state index in [-0.39, 0.29) is 18.4 Å². The van der Waals surface area contributed by atoms with E-state index in [0.29, 0.717) is 5.69 Å². The molecule has 4 atom stereocenters. The van der Waals surface area contributed by atoms with Crippen molar-refractivity contribution in [2.45, 2.75) is 25.6 Å². The Morgan fingerprint density at radius 3 is 2.75 bits per heavy atom. The molecule has 4 rings (SSSR count). The molecule has 3 heterocycles. The van der Waals surface area contributed by atoms with Crippen molar-refractivity contribution in [2.75, 3.05) is 11.5 Å². The summed E-state index contributed by atoms with van der Waals surface area (Å²) in [6.45, 7) is 3.11. The number of carbonyl (C=O) groups excluding carboxylic acids is 3. The summed E-state index contributed by atoms with van der Waals surface area (Å²) in [6, 6.07) is 7.29. The van der Waals surface area contributed by atoms with Gasteiger partial charge in [-0.15, -0.1) is 0 Å². The van der Waals surface area contributed by atoms with Gasteiger partial charge in [0.2, 0.25) is 11.8 Å². The molecule has 0 saturated carbocycles. The average Bonchev–Trinajstić information content (AvgIpc) is 3.18. The summed E-state index contributed by atoms with van der Waals surface area (Å²) in [6.07, 6.45) is 3.10. The molecule has 2 amide bonds. The number of ether oxygens (including phenoxy) is 2. The summed E-state index contributed by atoms with van der Waals surface area (Å²) in [5, 5.41) is 0. The van der Waals surface area contributed by atoms with Gasteiger partial charge < -0.3 is 9.47 Å². The van der Waals surface area contributed by atoms with Gasteiger partial charge in [-0.3, -0.25) is 14.4 Å². The molecule has 2 bridgehead atoms. The fourth-order valence-electron chi connectivity index (χ4n) is 3.93. The Bertz CT molecular complexity index is 785. The number of anilines is 1. The first-order chi connectivity index (χ1) is 11.4. The molecule has 0 unspecified atom stereocenters. The van der Waals surface area contributed by atoms with E-state index in [1.807, 2.05) is 19.1 Å². The quantitative estimate of drug-likeness (QED) is 0.476. The predicted octanol–water partition coefficient (Wildman–Crippen LogP) is 1.37. The van der Waals surface area contributed by atoms with Gasteiger partial charge in [0, 0.05) is 6.92 Å². The molecule has 1 aromatic carbocycles. The van der Waals surface area contributed by atoms with Crippen LogP contribution in [-0.2, 0) is 23.9 Å². The molecular formula is C18H17NO5. The number of benzene rings is 1. The number of nitrogens with zero attached hydrogens (tertiary/aromatic N) is 1. The lowest BCUT2D eigenvalue weighted by atomic mass is 9.77. The largest absolute Gasteiger partial charge is 0.462 e. The van der Waals surface area contributed by atoms with Gasteiger partial charge in [0.15, 0.2) is 0 Å². The van der Waals surface area contributed by atoms with Crippen molar-refractivity contribution in [3.63, 3.8) is 0 Å². The van der Waals surface area contributed by atoms with Crippen molar-refractivity contribution >= 4 is 23.5 Å². The Kier molecular flexibility index (Phi) is 3.15. The second kappa shape index (κ2) is 5.01. The minimum absolute atomic E-state index is 0.0584. The number of rotatable bonds is 3. The molecule has 2 saturated heterocycles. The van der Waals surface area contributed by atoms with Crippen LogP contribution in [0.2, 0.25) is 0 Å². The highest BCUT2D eigenvalue weighted by molar-refractivity contribution is 6.23. The molecule has 6 nitrogen and oxygen atoms in total. The van der Waals surface area contributed by atoms with Crippen LogP contribution in [0.5, 0.6) is 0 Å². The fourth-order valence-corrected chi connectivity index (χ4v) is 3.93. The third kappa shape index (κ3) is 1.89. The van der Waals surface area contributed by atoms with Gasteiger partial charge in [0.05, 0.1) is 23.6 Å². The highest BCUT2D eigenvalue weighted by atomic mass is 16.6. The van der Waals surface area contributed by atoms with Crippen LogP contribution in [0.25, 0.3) is 0 Å². The minimum Gasteiger partial charge on any atom is -0.462 e. The molecule has 2 fully saturated rings. The first-order valence-electron chi connectivity index (χ1n) is 7.88. The SMILES string of the molecule is CC(=O)OC[C@]12C=C[C@H](O1)[C@@H]1C(=O)N(c3ccccc3C)C(=O)[C@@H]12. The van der Waals surface area contributed by atoms with Crippen LogP contribution in [0.1, 0.15) is 12.5 Å². The summed E-state index contributed by atoms with van der Waals surface area (Å²) >= 11 is 0. The lowest BCUT2D eigenvalue weighted by Gasteiger charge is -2.28. The van der Waals surface area contributed by atoms with Gasteiger partial charge in [-0.2, -0.15) is 0 Å². The zero-order valence-corrected chi connectivity index (χ0v) is 13.4. The monoisotopic (exact) mass is 327 g/mol. The van der Waals surface area contributed by atoms with Gasteiger partial charge >= 0.3 is 5.97 Å². The smallest absolute Gasteiger partial charge is 0.302 e. The molecule has 1 aromatic rings. The summed E-state index contributed by atoms with van der Waals surface area (Å²) in [5.74, 6) is -2.20. The minimum atomic E-state index is -1.04. The number of aryl methyl sites for hydroxylation is 1. The van der Waals surface area contributed by atoms with E-state index in [4.69, 9.17) is 9.47 Å². The molecule has 3 aliphatic rings. The van der Waals surface area contributed by atoms with Crippen molar-refractivity contribution in [1.29, 1.82) is 0 Å². The van der Waals surface area contributed by atoms with Crippen LogP contribution in [-0.4, -0.2) is 36.1 Å². The molecule has 0 radical (unpaired) electrons. The topological polar surface area (TPSA) is 72.9 Å². The van der Waals surface area contributed by atoms with Crippen molar-refractivity contribution in [1.82, 2.24) is 0 Å². The van der Waals surface area contributed by atoms with Gasteiger partial charge in [-0.1, -0.05) is 24.3 Å². The summed E-state index contributed by atoms with van der Waals surface area (Å²) < 4.78 is 11.0. The van der Waals surface area contributed by atoms with E-state index in [1.165, 1.54) is 11.8 Å². The fraction of sp³-hybridized carbons (Fsp3) is 0.389. The molecular weight excluding hydrogens is 310 g/mol. The van der Waals surface area contributed by atoms with Crippen molar-refractivity contribution in [2.24, 2.45) is 11.8 Å². The predicted molar refractivity (Wildman–Crippen MR) is 84.0 cm³/mol. The average molecular weight is 327 g/mol. The first-order valence-corrected chi connectivity index (χ1v) is 7.88. The molecule has 124 valence electrons. The molecule has 6 heteroatoms. The number of esters is 1. The summed E-state index contributed by atoms with van der Waals surface area (Å²) in [4.78, 5) is 38.4. The van der Waals surface area contributed by atoms with E-state index in [9.17, 15) is 14.4 Å². The normalized spacial score (nSPS) is 33.2. The first kappa shape index (κ1) is 15.1. The molecule has 0 aromatic heterocycles. The Balaban J connectivity index is 1.72. The Labute approximate surface area is 139 Å². The molecule has 0 aliphatic carbocycles. The number of imide groups is 1. The lowest BCUT2D eigenvalue weighted by molar-refractivity contribution is -0.150. The number of carbonyl (C=O) groups is 3. The van der Waals surface area contributed by atoms with Crippen molar-refractivity contribution in [3.8, 4) is 0 Å². The summed E-state index contributed by atoms with van der Waals surface area (Å²) in [5.41, 5.74) is 0.420. The number of fused-ring (bicyclic) bond motifs is 5. The van der Waals surface area contributed by atoms with Gasteiger partial charge in [-0.25, -0.2) is 4.90 Å². The van der Waals surface area contributed by atoms with Crippen molar-refractivity contribution < 1.29 is 23.9 Å².